The molecule has 0 atom stereocenters. The van der Waals surface area contributed by atoms with Gasteiger partial charge < -0.3 is 10.2 Å². The van der Waals surface area contributed by atoms with Gasteiger partial charge in [0, 0.05) is 44.6 Å². The van der Waals surface area contributed by atoms with E-state index in [2.05, 4.69) is 5.32 Å². The molecule has 0 aliphatic rings. The van der Waals surface area contributed by atoms with Gasteiger partial charge in [0.2, 0.25) is 5.91 Å². The van der Waals surface area contributed by atoms with Crippen molar-refractivity contribution in [2.75, 3.05) is 14.1 Å². The van der Waals surface area contributed by atoms with Crippen molar-refractivity contribution >= 4 is 17.6 Å². The van der Waals surface area contributed by atoms with Gasteiger partial charge in [-0.05, 0) is 48.7 Å². The summed E-state index contributed by atoms with van der Waals surface area (Å²) in [6.07, 6.45) is 0.341. The normalized spacial score (nSPS) is 10.4. The molecule has 1 N–H and O–H groups in total. The van der Waals surface area contributed by atoms with Gasteiger partial charge in [-0.15, -0.1) is 0 Å². The second-order valence-electron chi connectivity index (χ2n) is 6.90. The third-order valence-corrected chi connectivity index (χ3v) is 4.50. The van der Waals surface area contributed by atoms with Crippen LogP contribution in [0.5, 0.6) is 0 Å². The Bertz CT molecular complexity index is 839. The molecule has 0 heterocycles. The number of aryl methyl sites for hydroxylation is 2. The second-order valence-corrected chi connectivity index (χ2v) is 6.90. The van der Waals surface area contributed by atoms with Gasteiger partial charge in [-0.1, -0.05) is 24.3 Å². The fourth-order valence-electron chi connectivity index (χ4n) is 2.60. The lowest BCUT2D eigenvalue weighted by molar-refractivity contribution is -0.121. The van der Waals surface area contributed by atoms with Gasteiger partial charge >= 0.3 is 0 Å². The number of amides is 2. The van der Waals surface area contributed by atoms with Crippen LogP contribution in [0.3, 0.4) is 0 Å². The maximum absolute atomic E-state index is 12.2. The van der Waals surface area contributed by atoms with Crippen LogP contribution in [0.15, 0.2) is 42.5 Å². The molecule has 0 aliphatic carbocycles. The Morgan fingerprint density at radius 3 is 2.07 bits per heavy atom. The first-order valence-corrected chi connectivity index (χ1v) is 8.95. The Hall–Kier alpha value is -2.95. The van der Waals surface area contributed by atoms with E-state index in [-0.39, 0.29) is 30.4 Å². The van der Waals surface area contributed by atoms with E-state index in [1.54, 1.807) is 32.3 Å². The number of nitrogens with one attached hydrogen (secondary N) is 1. The number of nitrogens with zero attached hydrogens (tertiary/aromatic N) is 1. The maximum atomic E-state index is 12.2. The molecule has 5 nitrogen and oxygen atoms in total. The number of carbonyl (C=O) groups excluding carboxylic acids is 3. The molecule has 0 bridgehead atoms. The molecular formula is C22H26N2O3. The van der Waals surface area contributed by atoms with Crippen LogP contribution < -0.4 is 5.32 Å². The molecule has 0 saturated carbocycles. The highest BCUT2D eigenvalue weighted by Gasteiger charge is 2.11. The molecule has 0 saturated heterocycles. The number of ketones is 1. The van der Waals surface area contributed by atoms with Crippen LogP contribution in [0.2, 0.25) is 0 Å². The van der Waals surface area contributed by atoms with Gasteiger partial charge in [-0.25, -0.2) is 0 Å². The SMILES string of the molecule is Cc1ccc(C(=O)CCC(=O)NCc2ccc(C(=O)N(C)C)cc2)cc1C. The van der Waals surface area contributed by atoms with Crippen molar-refractivity contribution in [2.45, 2.75) is 33.2 Å². The molecule has 0 aromatic heterocycles. The summed E-state index contributed by atoms with van der Waals surface area (Å²) < 4.78 is 0. The summed E-state index contributed by atoms with van der Waals surface area (Å²) in [6, 6.07) is 12.7. The number of benzene rings is 2. The second kappa shape index (κ2) is 9.12. The number of hydrogen-bond donors (Lipinski definition) is 1. The monoisotopic (exact) mass is 366 g/mol. The summed E-state index contributed by atoms with van der Waals surface area (Å²) in [5.74, 6) is -0.254. The Kier molecular flexibility index (Phi) is 6.88. The van der Waals surface area contributed by atoms with Gasteiger partial charge in [0.1, 0.15) is 0 Å². The zero-order valence-corrected chi connectivity index (χ0v) is 16.3. The van der Waals surface area contributed by atoms with Crippen LogP contribution in [0.4, 0.5) is 0 Å². The molecule has 2 rings (SSSR count). The third-order valence-electron chi connectivity index (χ3n) is 4.50. The molecular weight excluding hydrogens is 340 g/mol. The van der Waals surface area contributed by atoms with Crippen LogP contribution in [-0.2, 0) is 11.3 Å². The number of Topliss-reactive ketones (excluding diaryl/α,β-unsaturated/α-hetero) is 1. The van der Waals surface area contributed by atoms with Gasteiger partial charge in [0.25, 0.3) is 5.91 Å². The molecule has 2 aromatic rings. The number of rotatable bonds is 7. The predicted octanol–water partition coefficient (Wildman–Crippen LogP) is 3.28. The fraction of sp³-hybridized carbons (Fsp3) is 0.318. The highest BCUT2D eigenvalue weighted by Crippen LogP contribution is 2.12. The van der Waals surface area contributed by atoms with E-state index in [9.17, 15) is 14.4 Å². The smallest absolute Gasteiger partial charge is 0.253 e. The summed E-state index contributed by atoms with van der Waals surface area (Å²) in [7, 11) is 3.41. The van der Waals surface area contributed by atoms with Gasteiger partial charge in [0.15, 0.2) is 5.78 Å². The molecule has 0 radical (unpaired) electrons. The molecule has 0 unspecified atom stereocenters. The van der Waals surface area contributed by atoms with Gasteiger partial charge in [-0.2, -0.15) is 0 Å². The zero-order valence-electron chi connectivity index (χ0n) is 16.3. The molecule has 2 amide bonds. The van der Waals surface area contributed by atoms with E-state index < -0.39 is 0 Å². The summed E-state index contributed by atoms with van der Waals surface area (Å²) in [6.45, 7) is 4.34. The minimum Gasteiger partial charge on any atom is -0.352 e. The number of carbonyl (C=O) groups is 3. The van der Waals surface area contributed by atoms with Crippen molar-refractivity contribution in [2.24, 2.45) is 0 Å². The quantitative estimate of drug-likeness (QED) is 0.765. The summed E-state index contributed by atoms with van der Waals surface area (Å²) in [5.41, 5.74) is 4.37. The van der Waals surface area contributed by atoms with Crippen LogP contribution in [0.25, 0.3) is 0 Å². The molecule has 0 fully saturated rings. The lowest BCUT2D eigenvalue weighted by Gasteiger charge is -2.11. The third kappa shape index (κ3) is 5.78. The Labute approximate surface area is 160 Å². The molecule has 27 heavy (non-hydrogen) atoms. The zero-order chi connectivity index (χ0) is 20.0. The van der Waals surface area contributed by atoms with Crippen molar-refractivity contribution < 1.29 is 14.4 Å². The topological polar surface area (TPSA) is 66.5 Å². The van der Waals surface area contributed by atoms with Crippen molar-refractivity contribution in [3.05, 3.63) is 70.3 Å². The van der Waals surface area contributed by atoms with Crippen molar-refractivity contribution in [3.8, 4) is 0 Å². The van der Waals surface area contributed by atoms with Gasteiger partial charge in [0.05, 0.1) is 0 Å². The maximum Gasteiger partial charge on any atom is 0.253 e. The van der Waals surface area contributed by atoms with Crippen molar-refractivity contribution in [1.29, 1.82) is 0 Å². The van der Waals surface area contributed by atoms with E-state index >= 15 is 0 Å². The largest absolute Gasteiger partial charge is 0.352 e. The van der Waals surface area contributed by atoms with Crippen LogP contribution in [-0.4, -0.2) is 36.6 Å². The molecule has 2 aromatic carbocycles. The average molecular weight is 366 g/mol. The summed E-state index contributed by atoms with van der Waals surface area (Å²) >= 11 is 0. The Balaban J connectivity index is 1.81. The van der Waals surface area contributed by atoms with Crippen molar-refractivity contribution in [1.82, 2.24) is 10.2 Å². The minimum atomic E-state index is -0.166. The summed E-state index contributed by atoms with van der Waals surface area (Å²) in [4.78, 5) is 37.6. The predicted molar refractivity (Wildman–Crippen MR) is 106 cm³/mol. The molecule has 5 heteroatoms. The first-order chi connectivity index (χ1) is 12.8. The Morgan fingerprint density at radius 1 is 0.852 bits per heavy atom. The van der Waals surface area contributed by atoms with Crippen LogP contribution in [0, 0.1) is 13.8 Å². The van der Waals surface area contributed by atoms with E-state index in [1.807, 2.05) is 38.1 Å². The van der Waals surface area contributed by atoms with E-state index in [1.165, 1.54) is 4.90 Å². The Morgan fingerprint density at radius 2 is 1.48 bits per heavy atom. The highest BCUT2D eigenvalue weighted by atomic mass is 16.2. The van der Waals surface area contributed by atoms with E-state index in [0.717, 1.165) is 16.7 Å². The van der Waals surface area contributed by atoms with E-state index in [0.29, 0.717) is 17.7 Å². The fourth-order valence-corrected chi connectivity index (χ4v) is 2.60. The lowest BCUT2D eigenvalue weighted by atomic mass is 10.0. The summed E-state index contributed by atoms with van der Waals surface area (Å²) in [5, 5.41) is 2.81. The minimum absolute atomic E-state index is 0.0280. The average Bonchev–Trinajstić information content (AvgIpc) is 2.66. The molecule has 0 spiro atoms. The first kappa shape index (κ1) is 20.4. The molecule has 142 valence electrons. The van der Waals surface area contributed by atoms with Crippen molar-refractivity contribution in [3.63, 3.8) is 0 Å². The van der Waals surface area contributed by atoms with Crippen LogP contribution in [0.1, 0.15) is 50.2 Å². The standard InChI is InChI=1S/C22H26N2O3/c1-15-5-8-19(13-16(15)2)20(25)11-12-21(26)23-14-17-6-9-18(10-7-17)22(27)24(3)4/h5-10,13H,11-12,14H2,1-4H3,(H,23,26). The lowest BCUT2D eigenvalue weighted by Crippen LogP contribution is -2.24. The first-order valence-electron chi connectivity index (χ1n) is 8.95. The van der Waals surface area contributed by atoms with Crippen LogP contribution >= 0.6 is 0 Å². The molecule has 0 aliphatic heterocycles. The number of hydrogen-bond acceptors (Lipinski definition) is 3. The highest BCUT2D eigenvalue weighted by molar-refractivity contribution is 5.98. The van der Waals surface area contributed by atoms with E-state index in [4.69, 9.17) is 0 Å². The van der Waals surface area contributed by atoms with Gasteiger partial charge in [-0.3, -0.25) is 14.4 Å².